The Hall–Kier alpha value is -2.92. The summed E-state index contributed by atoms with van der Waals surface area (Å²) in [7, 11) is 0. The van der Waals surface area contributed by atoms with Crippen molar-refractivity contribution < 1.29 is 10.2 Å². The summed E-state index contributed by atoms with van der Waals surface area (Å²) in [4.78, 5) is 0. The van der Waals surface area contributed by atoms with Gasteiger partial charge in [0.25, 0.3) is 0 Å². The van der Waals surface area contributed by atoms with E-state index in [4.69, 9.17) is 0 Å². The normalized spacial score (nSPS) is 10.7. The quantitative estimate of drug-likeness (QED) is 0.728. The van der Waals surface area contributed by atoms with E-state index < -0.39 is 0 Å². The van der Waals surface area contributed by atoms with Crippen molar-refractivity contribution >= 4 is 0 Å². The molecule has 0 aliphatic heterocycles. The molecule has 0 saturated heterocycles. The molecule has 1 atom stereocenters. The molecule has 2 nitrogen and oxygen atoms in total. The lowest BCUT2D eigenvalue weighted by atomic mass is 9.84. The molecule has 0 aliphatic rings. The first-order valence-corrected chi connectivity index (χ1v) is 7.95. The van der Waals surface area contributed by atoms with Gasteiger partial charge in [-0.1, -0.05) is 48.0 Å². The molecule has 0 heterocycles. The Morgan fingerprint density at radius 2 is 1.42 bits per heavy atom. The van der Waals surface area contributed by atoms with E-state index in [0.29, 0.717) is 5.75 Å². The number of hydrogen-bond acceptors (Lipinski definition) is 2. The van der Waals surface area contributed by atoms with Crippen LogP contribution in [0.4, 0.5) is 0 Å². The summed E-state index contributed by atoms with van der Waals surface area (Å²) in [5.74, 6) is 0.391. The number of phenols is 1. The second kappa shape index (κ2) is 6.29. The molecule has 0 bridgehead atoms. The van der Waals surface area contributed by atoms with E-state index in [1.165, 1.54) is 5.56 Å². The molecule has 0 fully saturated rings. The Bertz CT molecular complexity index is 812. The van der Waals surface area contributed by atoms with Gasteiger partial charge in [-0.05, 0) is 55.7 Å². The third kappa shape index (κ3) is 3.07. The molecule has 2 heteroatoms. The fraction of sp³-hybridized carbons (Fsp3) is 0.182. The summed E-state index contributed by atoms with van der Waals surface area (Å²) in [5.41, 5.74) is 5.97. The van der Waals surface area contributed by atoms with Crippen molar-refractivity contribution in [1.29, 1.82) is 0 Å². The van der Waals surface area contributed by atoms with Gasteiger partial charge in [0.15, 0.2) is 5.75 Å². The van der Waals surface area contributed by atoms with E-state index in [9.17, 15) is 10.2 Å². The molecule has 0 spiro atoms. The first kappa shape index (κ1) is 16.0. The fourth-order valence-electron chi connectivity index (χ4n) is 2.89. The first-order valence-electron chi connectivity index (χ1n) is 7.95. The Morgan fingerprint density at radius 3 is 2.04 bits per heavy atom. The highest BCUT2D eigenvalue weighted by Gasteiger charge is 2.18. The standard InChI is InChI=1S/C22H20O2/c1-14-4-6-17(7-5-14)22(18-8-10-20(23)15(2)12-18)19-9-11-21(24)16(3)13-19/h4-8,10,12-13,22-24H,1-3H3. The van der Waals surface area contributed by atoms with Gasteiger partial charge in [0.2, 0.25) is 0 Å². The molecule has 120 valence electrons. The molecule has 0 saturated carbocycles. The summed E-state index contributed by atoms with van der Waals surface area (Å²) in [6.45, 7) is 5.81. The van der Waals surface area contributed by atoms with Gasteiger partial charge in [0.1, 0.15) is 5.75 Å². The maximum absolute atomic E-state index is 9.84. The number of aromatic hydroxyl groups is 2. The van der Waals surface area contributed by atoms with Gasteiger partial charge < -0.3 is 10.2 Å². The highest BCUT2D eigenvalue weighted by Crippen LogP contribution is 2.34. The van der Waals surface area contributed by atoms with E-state index in [1.54, 1.807) is 6.07 Å². The van der Waals surface area contributed by atoms with Crippen LogP contribution in [-0.4, -0.2) is 10.2 Å². The summed E-state index contributed by atoms with van der Waals surface area (Å²) < 4.78 is 0. The van der Waals surface area contributed by atoms with Crippen LogP contribution in [0.15, 0.2) is 48.5 Å². The summed E-state index contributed by atoms with van der Waals surface area (Å²) in [5, 5.41) is 19.6. The van der Waals surface area contributed by atoms with Crippen molar-refractivity contribution in [3.05, 3.63) is 94.0 Å². The van der Waals surface area contributed by atoms with E-state index in [1.807, 2.05) is 32.0 Å². The molecule has 0 aromatic heterocycles. The monoisotopic (exact) mass is 316 g/mol. The first-order chi connectivity index (χ1) is 11.5. The van der Waals surface area contributed by atoms with Crippen molar-refractivity contribution in [3.63, 3.8) is 0 Å². The minimum Gasteiger partial charge on any atom is -0.508 e. The maximum Gasteiger partial charge on any atom is 0.170 e. The lowest BCUT2D eigenvalue weighted by molar-refractivity contribution is 0.471. The second-order valence-electron chi connectivity index (χ2n) is 6.27. The summed E-state index contributed by atoms with van der Waals surface area (Å²) in [6.07, 6.45) is 0. The van der Waals surface area contributed by atoms with Crippen molar-refractivity contribution in [2.24, 2.45) is 0 Å². The van der Waals surface area contributed by atoms with Crippen LogP contribution < -0.4 is 0 Å². The zero-order chi connectivity index (χ0) is 17.3. The lowest BCUT2D eigenvalue weighted by Gasteiger charge is -2.19. The molecule has 0 aliphatic carbocycles. The highest BCUT2D eigenvalue weighted by molar-refractivity contribution is 5.47. The van der Waals surface area contributed by atoms with Crippen LogP contribution in [0.5, 0.6) is 11.5 Å². The zero-order valence-corrected chi connectivity index (χ0v) is 14.1. The average molecular weight is 316 g/mol. The SMILES string of the molecule is Cc1ccc(C(c2c#cc(O)c(C)c2)c2ccc(O)c(C)c2)cc1. The molecule has 3 aromatic carbocycles. The highest BCUT2D eigenvalue weighted by atomic mass is 16.3. The van der Waals surface area contributed by atoms with Gasteiger partial charge >= 0.3 is 0 Å². The minimum absolute atomic E-state index is 0.0274. The second-order valence-corrected chi connectivity index (χ2v) is 6.27. The van der Waals surface area contributed by atoms with E-state index in [-0.39, 0.29) is 11.7 Å². The average Bonchev–Trinajstić information content (AvgIpc) is 2.56. The molecule has 2 N–H and O–H groups in total. The van der Waals surface area contributed by atoms with Gasteiger partial charge in [-0.3, -0.25) is 0 Å². The van der Waals surface area contributed by atoms with Crippen LogP contribution in [0.3, 0.4) is 0 Å². The molecule has 24 heavy (non-hydrogen) atoms. The van der Waals surface area contributed by atoms with Gasteiger partial charge in [-0.2, -0.15) is 0 Å². The van der Waals surface area contributed by atoms with Gasteiger partial charge in [0, 0.05) is 17.0 Å². The van der Waals surface area contributed by atoms with Crippen molar-refractivity contribution in [2.75, 3.05) is 0 Å². The minimum atomic E-state index is -0.0274. The Morgan fingerprint density at radius 1 is 0.750 bits per heavy atom. The Kier molecular flexibility index (Phi) is 4.18. The lowest BCUT2D eigenvalue weighted by Crippen LogP contribution is -2.04. The third-order valence-electron chi connectivity index (χ3n) is 4.35. The fourth-order valence-corrected chi connectivity index (χ4v) is 2.89. The van der Waals surface area contributed by atoms with Gasteiger partial charge in [-0.25, -0.2) is 0 Å². The van der Waals surface area contributed by atoms with Crippen LogP contribution >= 0.6 is 0 Å². The third-order valence-corrected chi connectivity index (χ3v) is 4.35. The smallest absolute Gasteiger partial charge is 0.170 e. The van der Waals surface area contributed by atoms with Crippen LogP contribution in [0.25, 0.3) is 0 Å². The van der Waals surface area contributed by atoms with Crippen LogP contribution in [0.1, 0.15) is 39.3 Å². The maximum atomic E-state index is 9.84. The molecule has 1 unspecified atom stereocenters. The molecular formula is C22H20O2. The van der Waals surface area contributed by atoms with Gasteiger partial charge in [-0.15, -0.1) is 0 Å². The summed E-state index contributed by atoms with van der Waals surface area (Å²) >= 11 is 0. The zero-order valence-electron chi connectivity index (χ0n) is 14.1. The topological polar surface area (TPSA) is 40.5 Å². The molecule has 0 radical (unpaired) electrons. The number of benzene rings is 2. The van der Waals surface area contributed by atoms with E-state index in [0.717, 1.165) is 27.8 Å². The van der Waals surface area contributed by atoms with Crippen molar-refractivity contribution in [1.82, 2.24) is 0 Å². The number of hydrogen-bond donors (Lipinski definition) is 2. The van der Waals surface area contributed by atoms with Crippen LogP contribution in [-0.2, 0) is 0 Å². The molecule has 3 rings (SSSR count). The van der Waals surface area contributed by atoms with E-state index in [2.05, 4.69) is 43.3 Å². The number of aryl methyl sites for hydroxylation is 3. The van der Waals surface area contributed by atoms with Gasteiger partial charge in [0.05, 0.1) is 0 Å². The molecular weight excluding hydrogens is 296 g/mol. The Balaban J connectivity index is 2.17. The van der Waals surface area contributed by atoms with Crippen molar-refractivity contribution in [3.8, 4) is 11.5 Å². The predicted octanol–water partition coefficient (Wildman–Crippen LogP) is 4.80. The predicted molar refractivity (Wildman–Crippen MR) is 95.5 cm³/mol. The van der Waals surface area contributed by atoms with Crippen molar-refractivity contribution in [2.45, 2.75) is 26.7 Å². The summed E-state index contributed by atoms with van der Waals surface area (Å²) in [6, 6.07) is 21.9. The number of rotatable bonds is 3. The number of phenolic OH excluding ortho intramolecular Hbond substituents is 1. The van der Waals surface area contributed by atoms with E-state index >= 15 is 0 Å². The molecule has 3 aromatic rings. The Labute approximate surface area is 143 Å². The largest absolute Gasteiger partial charge is 0.508 e. The molecule has 0 amide bonds. The van der Waals surface area contributed by atoms with Crippen LogP contribution in [0.2, 0.25) is 0 Å². The van der Waals surface area contributed by atoms with Crippen LogP contribution in [0, 0.1) is 32.9 Å².